The Hall–Kier alpha value is -0.780. The van der Waals surface area contributed by atoms with Gasteiger partial charge in [0.15, 0.2) is 0 Å². The van der Waals surface area contributed by atoms with Crippen molar-refractivity contribution in [2.45, 2.75) is 39.5 Å². The highest BCUT2D eigenvalue weighted by Gasteiger charge is 1.79. The molecule has 0 spiro atoms. The Kier molecular flexibility index (Phi) is 7.78. The second-order valence-corrected chi connectivity index (χ2v) is 3.13. The van der Waals surface area contributed by atoms with Crippen molar-refractivity contribution in [2.75, 3.05) is 0 Å². The van der Waals surface area contributed by atoms with Gasteiger partial charge in [0, 0.05) is 0 Å². The molecule has 0 radical (unpaired) electrons. The van der Waals surface area contributed by atoms with Gasteiger partial charge in [-0.15, -0.1) is 0 Å². The number of hydrogen-bond acceptors (Lipinski definition) is 0. The zero-order valence-electron chi connectivity index (χ0n) is 8.34. The van der Waals surface area contributed by atoms with Crippen LogP contribution in [-0.4, -0.2) is 0 Å². The molecule has 0 aliphatic rings. The molecule has 0 heterocycles. The molecule has 0 bridgehead atoms. The number of unbranched alkanes of at least 4 members (excludes halogenated alkanes) is 3. The Balaban J connectivity index is 3.31. The molecule has 0 heteroatoms. The van der Waals surface area contributed by atoms with Gasteiger partial charge in [-0.2, -0.15) is 0 Å². The first kappa shape index (κ1) is 11.2. The lowest BCUT2D eigenvalue weighted by Crippen LogP contribution is -1.69. The average Bonchev–Trinajstić information content (AvgIpc) is 2.02. The van der Waals surface area contributed by atoms with Crippen molar-refractivity contribution < 1.29 is 0 Å². The van der Waals surface area contributed by atoms with Crippen molar-refractivity contribution >= 4 is 0 Å². The molecular formula is C12H20. The van der Waals surface area contributed by atoms with Crippen molar-refractivity contribution in [1.82, 2.24) is 0 Å². The second-order valence-electron chi connectivity index (χ2n) is 3.13. The third kappa shape index (κ3) is 9.22. The molecule has 0 saturated carbocycles. The van der Waals surface area contributed by atoms with E-state index in [-0.39, 0.29) is 0 Å². The van der Waals surface area contributed by atoms with Crippen molar-refractivity contribution in [3.63, 3.8) is 0 Å². The molecule has 0 atom stereocenters. The molecule has 0 aromatic rings. The predicted molar refractivity (Wildman–Crippen MR) is 57.2 cm³/mol. The summed E-state index contributed by atoms with van der Waals surface area (Å²) in [5.41, 5.74) is 1.10. The van der Waals surface area contributed by atoms with Crippen LogP contribution in [-0.2, 0) is 0 Å². The summed E-state index contributed by atoms with van der Waals surface area (Å²) in [5, 5.41) is 0. The first-order valence-corrected chi connectivity index (χ1v) is 4.76. The van der Waals surface area contributed by atoms with Crippen LogP contribution in [0, 0.1) is 0 Å². The summed E-state index contributed by atoms with van der Waals surface area (Å²) in [6.07, 6.45) is 13.6. The fourth-order valence-corrected chi connectivity index (χ4v) is 0.907. The summed E-state index contributed by atoms with van der Waals surface area (Å²) in [5.74, 6) is 0. The summed E-state index contributed by atoms with van der Waals surface area (Å²) >= 11 is 0. The highest BCUT2D eigenvalue weighted by molar-refractivity contribution is 5.16. The molecule has 0 nitrogen and oxygen atoms in total. The lowest BCUT2D eigenvalue weighted by molar-refractivity contribution is 0.729. The molecule has 0 aromatic carbocycles. The summed E-state index contributed by atoms with van der Waals surface area (Å²) in [7, 11) is 0. The zero-order valence-corrected chi connectivity index (χ0v) is 8.34. The van der Waals surface area contributed by atoms with E-state index in [1.54, 1.807) is 0 Å². The molecule has 12 heavy (non-hydrogen) atoms. The summed E-state index contributed by atoms with van der Waals surface area (Å²) in [6.45, 7) is 8.01. The predicted octanol–water partition coefficient (Wildman–Crippen LogP) is 4.26. The highest BCUT2D eigenvalue weighted by Crippen LogP contribution is 1.99. The van der Waals surface area contributed by atoms with Crippen LogP contribution < -0.4 is 0 Å². The highest BCUT2D eigenvalue weighted by atomic mass is 13.9. The van der Waals surface area contributed by atoms with Crippen molar-refractivity contribution in [2.24, 2.45) is 0 Å². The Labute approximate surface area is 76.7 Å². The maximum atomic E-state index is 3.78. The van der Waals surface area contributed by atoms with Crippen LogP contribution in [0.25, 0.3) is 0 Å². The minimum atomic E-state index is 1.10. The van der Waals surface area contributed by atoms with Gasteiger partial charge in [0.05, 0.1) is 0 Å². The maximum Gasteiger partial charge on any atom is -0.0348 e. The SMILES string of the molecule is C=C(C)/C=C/C=C\CCCCC. The van der Waals surface area contributed by atoms with Crippen LogP contribution in [0.3, 0.4) is 0 Å². The molecule has 68 valence electrons. The van der Waals surface area contributed by atoms with Gasteiger partial charge < -0.3 is 0 Å². The van der Waals surface area contributed by atoms with Crippen molar-refractivity contribution in [3.8, 4) is 0 Å². The summed E-state index contributed by atoms with van der Waals surface area (Å²) < 4.78 is 0. The molecule has 0 aliphatic heterocycles. The van der Waals surface area contributed by atoms with Crippen LogP contribution >= 0.6 is 0 Å². The fraction of sp³-hybridized carbons (Fsp3) is 0.500. The number of allylic oxidation sites excluding steroid dienone is 5. The van der Waals surface area contributed by atoms with Gasteiger partial charge in [-0.3, -0.25) is 0 Å². The average molecular weight is 164 g/mol. The lowest BCUT2D eigenvalue weighted by Gasteiger charge is -1.89. The molecule has 0 saturated heterocycles. The monoisotopic (exact) mass is 164 g/mol. The van der Waals surface area contributed by atoms with Crippen LogP contribution in [0.4, 0.5) is 0 Å². The molecule has 0 N–H and O–H groups in total. The Morgan fingerprint density at radius 3 is 2.58 bits per heavy atom. The number of rotatable bonds is 6. The Morgan fingerprint density at radius 1 is 1.25 bits per heavy atom. The summed E-state index contributed by atoms with van der Waals surface area (Å²) in [4.78, 5) is 0. The van der Waals surface area contributed by atoms with Crippen molar-refractivity contribution in [1.29, 1.82) is 0 Å². The third-order valence-corrected chi connectivity index (χ3v) is 1.60. The first-order chi connectivity index (χ1) is 5.77. The quantitative estimate of drug-likeness (QED) is 0.406. The maximum absolute atomic E-state index is 3.78. The van der Waals surface area contributed by atoms with Gasteiger partial charge in [0.1, 0.15) is 0 Å². The smallest absolute Gasteiger partial charge is 0.0348 e. The second kappa shape index (κ2) is 8.32. The van der Waals surface area contributed by atoms with Crippen LogP contribution in [0.15, 0.2) is 36.5 Å². The van der Waals surface area contributed by atoms with Gasteiger partial charge in [-0.1, -0.05) is 56.2 Å². The van der Waals surface area contributed by atoms with E-state index < -0.39 is 0 Å². The molecule has 0 fully saturated rings. The topological polar surface area (TPSA) is 0 Å². The van der Waals surface area contributed by atoms with Crippen LogP contribution in [0.2, 0.25) is 0 Å². The third-order valence-electron chi connectivity index (χ3n) is 1.60. The van der Waals surface area contributed by atoms with Gasteiger partial charge in [-0.05, 0) is 19.8 Å². The number of hydrogen-bond donors (Lipinski definition) is 0. The molecule has 0 rings (SSSR count). The molecule has 0 amide bonds. The summed E-state index contributed by atoms with van der Waals surface area (Å²) in [6, 6.07) is 0. The first-order valence-electron chi connectivity index (χ1n) is 4.76. The van der Waals surface area contributed by atoms with E-state index in [1.165, 1.54) is 25.7 Å². The zero-order chi connectivity index (χ0) is 9.23. The van der Waals surface area contributed by atoms with E-state index in [0.29, 0.717) is 0 Å². The van der Waals surface area contributed by atoms with Crippen LogP contribution in [0.1, 0.15) is 39.5 Å². The van der Waals surface area contributed by atoms with E-state index in [0.717, 1.165) is 5.57 Å². The van der Waals surface area contributed by atoms with E-state index in [1.807, 2.05) is 19.1 Å². The molecule has 0 aliphatic carbocycles. The molecule has 0 aromatic heterocycles. The Morgan fingerprint density at radius 2 is 2.00 bits per heavy atom. The van der Waals surface area contributed by atoms with Gasteiger partial charge in [0.25, 0.3) is 0 Å². The van der Waals surface area contributed by atoms with Crippen molar-refractivity contribution in [3.05, 3.63) is 36.5 Å². The Bertz CT molecular complexity index is 161. The largest absolute Gasteiger partial charge is 0.0961 e. The molecule has 0 unspecified atom stereocenters. The van der Waals surface area contributed by atoms with Gasteiger partial charge in [-0.25, -0.2) is 0 Å². The fourth-order valence-electron chi connectivity index (χ4n) is 0.907. The lowest BCUT2D eigenvalue weighted by atomic mass is 10.2. The van der Waals surface area contributed by atoms with E-state index in [4.69, 9.17) is 0 Å². The normalized spacial score (nSPS) is 11.5. The van der Waals surface area contributed by atoms with E-state index >= 15 is 0 Å². The van der Waals surface area contributed by atoms with Gasteiger partial charge in [0.2, 0.25) is 0 Å². The van der Waals surface area contributed by atoms with Crippen LogP contribution in [0.5, 0.6) is 0 Å². The molecular weight excluding hydrogens is 144 g/mol. The van der Waals surface area contributed by atoms with Gasteiger partial charge >= 0.3 is 0 Å². The van der Waals surface area contributed by atoms with E-state index in [2.05, 4.69) is 25.7 Å². The minimum Gasteiger partial charge on any atom is -0.0961 e. The standard InChI is InChI=1S/C12H20/c1-4-5-6-7-8-9-10-11-12(2)3/h8-11H,2,4-7H2,1,3H3/b9-8-,11-10+. The minimum absolute atomic E-state index is 1.10. The van der Waals surface area contributed by atoms with E-state index in [9.17, 15) is 0 Å².